The molecule has 4 aliphatic heterocycles. The monoisotopic (exact) mass is 603 g/mol. The van der Waals surface area contributed by atoms with Crippen molar-refractivity contribution in [3.8, 4) is 0 Å². The van der Waals surface area contributed by atoms with E-state index in [9.17, 15) is 22.0 Å². The fraction of sp³-hybridized carbons (Fsp3) is 0.600. The lowest BCUT2D eigenvalue weighted by Crippen LogP contribution is -2.45. The van der Waals surface area contributed by atoms with Crippen LogP contribution in [0.4, 0.5) is 13.6 Å². The van der Waals surface area contributed by atoms with Gasteiger partial charge in [-0.2, -0.15) is 0 Å². The lowest BCUT2D eigenvalue weighted by atomic mass is 9.78. The van der Waals surface area contributed by atoms with Crippen molar-refractivity contribution in [1.29, 1.82) is 0 Å². The molecule has 0 saturated carbocycles. The quantitative estimate of drug-likeness (QED) is 0.455. The van der Waals surface area contributed by atoms with Gasteiger partial charge in [-0.05, 0) is 87.1 Å². The van der Waals surface area contributed by atoms with Gasteiger partial charge in [0.05, 0.1) is 37.6 Å². The molecule has 3 fully saturated rings. The van der Waals surface area contributed by atoms with E-state index in [0.717, 1.165) is 56.1 Å². The second kappa shape index (κ2) is 11.7. The van der Waals surface area contributed by atoms with Crippen molar-refractivity contribution in [2.45, 2.75) is 75.5 Å². The van der Waals surface area contributed by atoms with Crippen LogP contribution < -0.4 is 0 Å². The summed E-state index contributed by atoms with van der Waals surface area (Å²) in [5.41, 5.74) is 2.58. The van der Waals surface area contributed by atoms with Crippen molar-refractivity contribution in [1.82, 2.24) is 23.7 Å². The molecule has 1 amide bonds. The Balaban J connectivity index is 1.14. The Hall–Kier alpha value is -2.83. The maximum Gasteiger partial charge on any atom is 0.413 e. The Kier molecular flexibility index (Phi) is 8.14. The average Bonchev–Trinajstić information content (AvgIpc) is 3.48. The van der Waals surface area contributed by atoms with Gasteiger partial charge in [0, 0.05) is 43.5 Å². The highest BCUT2D eigenvalue weighted by molar-refractivity contribution is 7.88. The third-order valence-corrected chi connectivity index (χ3v) is 11.2. The van der Waals surface area contributed by atoms with Crippen molar-refractivity contribution in [3.63, 3.8) is 0 Å². The predicted octanol–water partition coefficient (Wildman–Crippen LogP) is 4.73. The molecule has 0 spiro atoms. The Morgan fingerprint density at radius 3 is 2.33 bits per heavy atom. The minimum Gasteiger partial charge on any atom is -0.452 e. The van der Waals surface area contributed by atoms with Crippen LogP contribution in [0, 0.1) is 17.6 Å². The van der Waals surface area contributed by atoms with E-state index in [0.29, 0.717) is 56.2 Å². The number of carbonyl (C=O) groups is 1. The van der Waals surface area contributed by atoms with Gasteiger partial charge >= 0.3 is 6.09 Å². The first kappa shape index (κ1) is 29.3. The second-order valence-electron chi connectivity index (χ2n) is 12.2. The fourth-order valence-corrected chi connectivity index (χ4v) is 8.70. The summed E-state index contributed by atoms with van der Waals surface area (Å²) in [6, 6.07) is 4.97. The van der Waals surface area contributed by atoms with Crippen LogP contribution >= 0.6 is 0 Å². The molecule has 42 heavy (non-hydrogen) atoms. The number of benzene rings is 1. The van der Waals surface area contributed by atoms with E-state index in [-0.39, 0.29) is 11.8 Å². The van der Waals surface area contributed by atoms with E-state index in [4.69, 9.17) is 4.74 Å². The molecule has 1 aromatic carbocycles. The van der Waals surface area contributed by atoms with Crippen molar-refractivity contribution in [2.75, 3.05) is 33.0 Å². The summed E-state index contributed by atoms with van der Waals surface area (Å²) in [5, 5.41) is 0. The molecule has 3 atom stereocenters. The standard InChI is InChI=1S/C30H39F2N5O4S/c1-41-30(38)34-9-8-29-28(18-34)33-19-37(29)26-16-24-3-4-25(17-26)36(24)12-7-27(21-13-22(31)15-23(32)14-21)20-5-10-35(11-6-20)42(2,39)40/h8-9,13-15,19-20,24-27H,3-7,10-12,16-18H2,1-2H3/t24?,25?,26?,27-/m1/s1. The molecule has 228 valence electrons. The molecule has 9 nitrogen and oxygen atoms in total. The molecule has 0 N–H and O–H groups in total. The maximum atomic E-state index is 14.3. The molecule has 2 aromatic rings. The van der Waals surface area contributed by atoms with Crippen LogP contribution in [0.3, 0.4) is 0 Å². The maximum absolute atomic E-state index is 14.3. The number of sulfonamides is 1. The molecule has 0 radical (unpaired) electrons. The molecular formula is C30H39F2N5O4S. The Morgan fingerprint density at radius 2 is 1.71 bits per heavy atom. The van der Waals surface area contributed by atoms with Crippen LogP contribution in [-0.2, 0) is 21.3 Å². The van der Waals surface area contributed by atoms with E-state index in [2.05, 4.69) is 14.5 Å². The number of methoxy groups -OCH3 is 1. The fourth-order valence-electron chi connectivity index (χ4n) is 7.82. The second-order valence-corrected chi connectivity index (χ2v) is 14.2. The van der Waals surface area contributed by atoms with Crippen LogP contribution in [-0.4, -0.2) is 83.3 Å². The highest BCUT2D eigenvalue weighted by atomic mass is 32.2. The average molecular weight is 604 g/mol. The largest absolute Gasteiger partial charge is 0.452 e. The first-order valence-electron chi connectivity index (χ1n) is 14.9. The van der Waals surface area contributed by atoms with Crippen molar-refractivity contribution < 1.29 is 26.7 Å². The van der Waals surface area contributed by atoms with Crippen LogP contribution in [0.25, 0.3) is 6.08 Å². The first-order chi connectivity index (χ1) is 20.1. The zero-order valence-electron chi connectivity index (χ0n) is 24.2. The van der Waals surface area contributed by atoms with Gasteiger partial charge < -0.3 is 9.30 Å². The summed E-state index contributed by atoms with van der Waals surface area (Å²) < 4.78 is 61.4. The van der Waals surface area contributed by atoms with E-state index < -0.39 is 27.8 Å². The number of imidazole rings is 1. The number of hydrogen-bond acceptors (Lipinski definition) is 6. The minimum atomic E-state index is -3.25. The summed E-state index contributed by atoms with van der Waals surface area (Å²) in [6.07, 6.45) is 12.8. The van der Waals surface area contributed by atoms with Crippen molar-refractivity contribution in [3.05, 3.63) is 59.3 Å². The molecule has 6 rings (SSSR count). The third-order valence-electron chi connectivity index (χ3n) is 9.85. The van der Waals surface area contributed by atoms with Crippen molar-refractivity contribution >= 4 is 22.2 Å². The predicted molar refractivity (Wildman–Crippen MR) is 154 cm³/mol. The number of halogens is 2. The van der Waals surface area contributed by atoms with Gasteiger partial charge in [0.2, 0.25) is 10.0 Å². The van der Waals surface area contributed by atoms with Gasteiger partial charge in [-0.15, -0.1) is 0 Å². The molecule has 0 aliphatic carbocycles. The summed E-state index contributed by atoms with van der Waals surface area (Å²) in [5.74, 6) is -1.03. The summed E-state index contributed by atoms with van der Waals surface area (Å²) in [6.45, 7) is 2.11. The minimum absolute atomic E-state index is 0.0439. The lowest BCUT2D eigenvalue weighted by Gasteiger charge is -2.41. The Labute approximate surface area is 246 Å². The number of nitrogens with zero attached hydrogens (tertiary/aromatic N) is 5. The molecule has 12 heteroatoms. The lowest BCUT2D eigenvalue weighted by molar-refractivity contribution is 0.0977. The van der Waals surface area contributed by atoms with E-state index in [1.54, 1.807) is 6.20 Å². The number of amides is 1. The van der Waals surface area contributed by atoms with Crippen LogP contribution in [0.5, 0.6) is 0 Å². The third kappa shape index (κ3) is 5.85. The topological polar surface area (TPSA) is 88.0 Å². The van der Waals surface area contributed by atoms with Crippen molar-refractivity contribution in [2.24, 2.45) is 5.92 Å². The van der Waals surface area contributed by atoms with Gasteiger partial charge in [-0.3, -0.25) is 9.80 Å². The zero-order valence-corrected chi connectivity index (χ0v) is 25.0. The summed E-state index contributed by atoms with van der Waals surface area (Å²) in [4.78, 5) is 20.7. The number of aromatic nitrogens is 2. The van der Waals surface area contributed by atoms with Gasteiger partial charge in [-0.25, -0.2) is 31.3 Å². The van der Waals surface area contributed by atoms with Crippen LogP contribution in [0.15, 0.2) is 30.7 Å². The van der Waals surface area contributed by atoms with E-state index >= 15 is 0 Å². The number of fused-ring (bicyclic) bond motifs is 3. The molecule has 1 aromatic heterocycles. The number of piperidine rings is 2. The number of hydrogen-bond donors (Lipinski definition) is 0. The molecule has 4 aliphatic rings. The van der Waals surface area contributed by atoms with Crippen LogP contribution in [0.1, 0.15) is 73.9 Å². The first-order valence-corrected chi connectivity index (χ1v) is 16.7. The highest BCUT2D eigenvalue weighted by Crippen LogP contribution is 2.44. The molecule has 5 heterocycles. The summed E-state index contributed by atoms with van der Waals surface area (Å²) in [7, 11) is -1.89. The summed E-state index contributed by atoms with van der Waals surface area (Å²) >= 11 is 0. The molecule has 2 bridgehead atoms. The molecule has 2 unspecified atom stereocenters. The Morgan fingerprint density at radius 1 is 1.05 bits per heavy atom. The van der Waals surface area contributed by atoms with Gasteiger partial charge in [0.1, 0.15) is 11.6 Å². The highest BCUT2D eigenvalue weighted by Gasteiger charge is 2.42. The smallest absolute Gasteiger partial charge is 0.413 e. The van der Waals surface area contributed by atoms with Crippen LogP contribution in [0.2, 0.25) is 0 Å². The molecular weight excluding hydrogens is 564 g/mol. The van der Waals surface area contributed by atoms with Gasteiger partial charge in [0.15, 0.2) is 0 Å². The van der Waals surface area contributed by atoms with E-state index in [1.165, 1.54) is 34.7 Å². The van der Waals surface area contributed by atoms with Gasteiger partial charge in [0.25, 0.3) is 0 Å². The Bertz CT molecular complexity index is 1420. The SMILES string of the molecule is COC(=O)N1C=Cc2c(ncn2C2CC3CCC(C2)N3CC[C@@H](c2cc(F)cc(F)c2)C2CCN(S(C)(=O)=O)CC2)C1. The number of rotatable bonds is 7. The number of ether oxygens (including phenoxy) is 1. The normalized spacial score (nSPS) is 25.9. The van der Waals surface area contributed by atoms with Gasteiger partial charge in [-0.1, -0.05) is 0 Å². The zero-order chi connectivity index (χ0) is 29.6. The van der Waals surface area contributed by atoms with E-state index in [1.807, 2.05) is 12.4 Å². The number of carbonyl (C=O) groups excluding carboxylic acids is 1. The molecule has 3 saturated heterocycles.